The number of hydrogen-bond donors (Lipinski definition) is 0. The Morgan fingerprint density at radius 1 is 1.17 bits per heavy atom. The molecule has 0 saturated carbocycles. The number of fused-ring (bicyclic) bond motifs is 1. The molecule has 7 nitrogen and oxygen atoms in total. The van der Waals surface area contributed by atoms with Gasteiger partial charge in [0.2, 0.25) is 5.91 Å². The van der Waals surface area contributed by atoms with Crippen LogP contribution in [-0.2, 0) is 14.3 Å². The number of rotatable bonds is 7. The number of esters is 1. The van der Waals surface area contributed by atoms with Gasteiger partial charge < -0.3 is 14.1 Å². The van der Waals surface area contributed by atoms with Gasteiger partial charge in [-0.25, -0.2) is 4.98 Å². The van der Waals surface area contributed by atoms with Crippen molar-refractivity contribution >= 4 is 46.2 Å². The number of anilines is 1. The number of aromatic nitrogens is 1. The van der Waals surface area contributed by atoms with Crippen LogP contribution in [0.15, 0.2) is 58.2 Å². The first kappa shape index (κ1) is 19.2. The molecular formula is C21H18N2O5S. The smallest absolute Gasteiger partial charge is 0.316 e. The van der Waals surface area contributed by atoms with Gasteiger partial charge in [-0.3, -0.25) is 14.4 Å². The lowest BCUT2D eigenvalue weighted by Crippen LogP contribution is -2.24. The van der Waals surface area contributed by atoms with Crippen LogP contribution in [0.2, 0.25) is 0 Å². The van der Waals surface area contributed by atoms with Crippen molar-refractivity contribution in [2.75, 3.05) is 23.8 Å². The second-order valence-corrected chi connectivity index (χ2v) is 7.45. The van der Waals surface area contributed by atoms with Crippen molar-refractivity contribution in [2.45, 2.75) is 18.1 Å². The first-order chi connectivity index (χ1) is 14.1. The fraction of sp³-hybridized carbons (Fsp3) is 0.238. The van der Waals surface area contributed by atoms with E-state index in [-0.39, 0.29) is 24.1 Å². The summed E-state index contributed by atoms with van der Waals surface area (Å²) in [6.45, 7) is 0.295. The van der Waals surface area contributed by atoms with Crippen molar-refractivity contribution in [1.29, 1.82) is 0 Å². The van der Waals surface area contributed by atoms with E-state index in [1.165, 1.54) is 0 Å². The Bertz CT molecular complexity index is 1040. The Morgan fingerprint density at radius 2 is 2.03 bits per heavy atom. The van der Waals surface area contributed by atoms with Crippen LogP contribution in [0.1, 0.15) is 23.2 Å². The molecule has 29 heavy (non-hydrogen) atoms. The van der Waals surface area contributed by atoms with Gasteiger partial charge in [0.1, 0.15) is 11.3 Å². The molecule has 0 N–H and O–H groups in total. The quantitative estimate of drug-likeness (QED) is 0.335. The van der Waals surface area contributed by atoms with Crippen LogP contribution in [-0.4, -0.2) is 41.5 Å². The molecule has 1 amide bonds. The van der Waals surface area contributed by atoms with Crippen molar-refractivity contribution in [2.24, 2.45) is 0 Å². The summed E-state index contributed by atoms with van der Waals surface area (Å²) in [6, 6.07) is 14.1. The van der Waals surface area contributed by atoms with Gasteiger partial charge in [0.15, 0.2) is 18.0 Å². The monoisotopic (exact) mass is 410 g/mol. The van der Waals surface area contributed by atoms with Gasteiger partial charge in [-0.1, -0.05) is 36.0 Å². The third-order valence-electron chi connectivity index (χ3n) is 4.51. The summed E-state index contributed by atoms with van der Waals surface area (Å²) in [5, 5.41) is 0.373. The number of amides is 1. The van der Waals surface area contributed by atoms with E-state index in [1.54, 1.807) is 35.2 Å². The molecular weight excluding hydrogens is 392 g/mol. The van der Waals surface area contributed by atoms with E-state index < -0.39 is 5.97 Å². The largest absolute Gasteiger partial charge is 0.457 e. The number of nitrogens with zero attached hydrogens (tertiary/aromatic N) is 2. The number of thioether (sulfide) groups is 1. The number of para-hydroxylation sites is 2. The Morgan fingerprint density at radius 3 is 2.83 bits per heavy atom. The van der Waals surface area contributed by atoms with E-state index in [0.29, 0.717) is 35.0 Å². The molecule has 3 aromatic rings. The van der Waals surface area contributed by atoms with Crippen molar-refractivity contribution in [3.63, 3.8) is 0 Å². The molecule has 0 unspecified atom stereocenters. The zero-order chi connectivity index (χ0) is 20.2. The average molecular weight is 410 g/mol. The van der Waals surface area contributed by atoms with E-state index >= 15 is 0 Å². The zero-order valence-electron chi connectivity index (χ0n) is 15.5. The highest BCUT2D eigenvalue weighted by molar-refractivity contribution is 7.99. The van der Waals surface area contributed by atoms with E-state index in [9.17, 15) is 14.4 Å². The number of Topliss-reactive ketones (excluding diaryl/α,β-unsaturated/α-hetero) is 1. The highest BCUT2D eigenvalue weighted by atomic mass is 32.2. The van der Waals surface area contributed by atoms with Gasteiger partial charge >= 0.3 is 5.97 Å². The summed E-state index contributed by atoms with van der Waals surface area (Å²) in [7, 11) is 0. The number of ether oxygens (including phenoxy) is 1. The molecule has 2 aromatic carbocycles. The maximum atomic E-state index is 12.4. The SMILES string of the molecule is O=C(CSc1nc2ccccc2o1)OCC(=O)c1cccc(N2CCCC2=O)c1. The number of carbonyl (C=O) groups is 3. The molecule has 0 atom stereocenters. The standard InChI is InChI=1S/C21H18N2O5S/c24-17(14-5-3-6-15(11-14)23-10-4-9-19(23)25)12-27-20(26)13-29-21-22-16-7-1-2-8-18(16)28-21/h1-3,5-8,11H,4,9-10,12-13H2. The second kappa shape index (κ2) is 8.48. The van der Waals surface area contributed by atoms with Crippen molar-refractivity contribution in [3.8, 4) is 0 Å². The minimum Gasteiger partial charge on any atom is -0.457 e. The summed E-state index contributed by atoms with van der Waals surface area (Å²) in [4.78, 5) is 42.2. The molecule has 1 fully saturated rings. The predicted molar refractivity (Wildman–Crippen MR) is 108 cm³/mol. The van der Waals surface area contributed by atoms with Crippen LogP contribution in [0.25, 0.3) is 11.1 Å². The minimum absolute atomic E-state index is 0.0115. The molecule has 1 aromatic heterocycles. The van der Waals surface area contributed by atoms with Crippen LogP contribution in [0, 0.1) is 0 Å². The van der Waals surface area contributed by atoms with Crippen LogP contribution in [0.5, 0.6) is 0 Å². The molecule has 1 aliphatic heterocycles. The molecule has 1 aliphatic rings. The van der Waals surface area contributed by atoms with Gasteiger partial charge in [-0.05, 0) is 30.7 Å². The lowest BCUT2D eigenvalue weighted by atomic mass is 10.1. The second-order valence-electron chi connectivity index (χ2n) is 6.52. The lowest BCUT2D eigenvalue weighted by molar-refractivity contribution is -0.139. The van der Waals surface area contributed by atoms with Gasteiger partial charge in [0, 0.05) is 24.2 Å². The normalized spacial score (nSPS) is 13.8. The summed E-state index contributed by atoms with van der Waals surface area (Å²) in [5.74, 6) is -0.810. The number of ketones is 1. The molecule has 0 radical (unpaired) electrons. The van der Waals surface area contributed by atoms with Crippen molar-refractivity contribution in [1.82, 2.24) is 4.98 Å². The molecule has 148 valence electrons. The minimum atomic E-state index is -0.531. The number of hydrogen-bond acceptors (Lipinski definition) is 7. The predicted octanol–water partition coefficient (Wildman–Crippen LogP) is 3.47. The number of oxazole rings is 1. The summed E-state index contributed by atoms with van der Waals surface area (Å²) < 4.78 is 10.6. The molecule has 0 aliphatic carbocycles. The number of benzene rings is 2. The molecule has 4 rings (SSSR count). The Labute approximate surface area is 171 Å². The molecule has 0 bridgehead atoms. The highest BCUT2D eigenvalue weighted by Gasteiger charge is 2.22. The van der Waals surface area contributed by atoms with Crippen molar-refractivity contribution in [3.05, 3.63) is 54.1 Å². The van der Waals surface area contributed by atoms with Gasteiger partial charge in [-0.2, -0.15) is 0 Å². The van der Waals surface area contributed by atoms with Gasteiger partial charge in [-0.15, -0.1) is 0 Å². The first-order valence-corrected chi connectivity index (χ1v) is 10.2. The van der Waals surface area contributed by atoms with E-state index in [1.807, 2.05) is 18.2 Å². The Kier molecular flexibility index (Phi) is 5.62. The maximum absolute atomic E-state index is 12.4. The maximum Gasteiger partial charge on any atom is 0.316 e. The summed E-state index contributed by atoms with van der Waals surface area (Å²) >= 11 is 1.11. The van der Waals surface area contributed by atoms with E-state index in [4.69, 9.17) is 9.15 Å². The third-order valence-corrected chi connectivity index (χ3v) is 5.31. The molecule has 8 heteroatoms. The fourth-order valence-corrected chi connectivity index (χ4v) is 3.71. The average Bonchev–Trinajstić information content (AvgIpc) is 3.36. The summed E-state index contributed by atoms with van der Waals surface area (Å²) in [6.07, 6.45) is 1.33. The van der Waals surface area contributed by atoms with Gasteiger partial charge in [0.05, 0.1) is 0 Å². The number of carbonyl (C=O) groups excluding carboxylic acids is 3. The topological polar surface area (TPSA) is 89.7 Å². The van der Waals surface area contributed by atoms with Crippen LogP contribution in [0.4, 0.5) is 5.69 Å². The third kappa shape index (κ3) is 4.48. The zero-order valence-corrected chi connectivity index (χ0v) is 16.3. The first-order valence-electron chi connectivity index (χ1n) is 9.18. The Hall–Kier alpha value is -3.13. The van der Waals surface area contributed by atoms with Crippen LogP contribution in [0.3, 0.4) is 0 Å². The fourth-order valence-electron chi connectivity index (χ4n) is 3.07. The molecule has 0 spiro atoms. The Balaban J connectivity index is 1.30. The van der Waals surface area contributed by atoms with E-state index in [2.05, 4.69) is 4.98 Å². The molecule has 2 heterocycles. The lowest BCUT2D eigenvalue weighted by Gasteiger charge is -2.16. The highest BCUT2D eigenvalue weighted by Crippen LogP contribution is 2.24. The van der Waals surface area contributed by atoms with Crippen LogP contribution < -0.4 is 4.90 Å². The van der Waals surface area contributed by atoms with Crippen molar-refractivity contribution < 1.29 is 23.5 Å². The van der Waals surface area contributed by atoms with E-state index in [0.717, 1.165) is 23.7 Å². The molecule has 1 saturated heterocycles. The van der Waals surface area contributed by atoms with Crippen LogP contribution >= 0.6 is 11.8 Å². The van der Waals surface area contributed by atoms with Gasteiger partial charge in [0.25, 0.3) is 5.22 Å². The summed E-state index contributed by atoms with van der Waals surface area (Å²) in [5.41, 5.74) is 2.46.